The van der Waals surface area contributed by atoms with Crippen LogP contribution in [0.5, 0.6) is 0 Å². The third-order valence-corrected chi connectivity index (χ3v) is 7.28. The summed E-state index contributed by atoms with van der Waals surface area (Å²) in [5.74, 6) is 0. The second kappa shape index (κ2) is 12.3. The summed E-state index contributed by atoms with van der Waals surface area (Å²) < 4.78 is 37.8. The van der Waals surface area contributed by atoms with Crippen molar-refractivity contribution in [3.05, 3.63) is 60.2 Å². The maximum absolute atomic E-state index is 12.6. The van der Waals surface area contributed by atoms with Gasteiger partial charge in [-0.3, -0.25) is 0 Å². The number of hydrogen-bond acceptors (Lipinski definition) is 5. The first-order valence-corrected chi connectivity index (χ1v) is 12.5. The van der Waals surface area contributed by atoms with Gasteiger partial charge in [0, 0.05) is 13.0 Å². The predicted octanol–water partition coefficient (Wildman–Crippen LogP) is 2.85. The fraction of sp³-hybridized carbons (Fsp3) is 0.500. The SMILES string of the molecule is CCCCCCCCCCC1(S(=O)(=O)[O-])Nc2ccccc2N1Cc1ccccc1.[Na+]. The first-order chi connectivity index (χ1) is 14.5. The van der Waals surface area contributed by atoms with E-state index in [4.69, 9.17) is 0 Å². The predicted molar refractivity (Wildman–Crippen MR) is 122 cm³/mol. The number of nitrogens with one attached hydrogen (secondary N) is 1. The van der Waals surface area contributed by atoms with Crippen LogP contribution in [0.25, 0.3) is 0 Å². The van der Waals surface area contributed by atoms with Crippen molar-refractivity contribution in [2.45, 2.75) is 76.3 Å². The number of nitrogens with zero attached hydrogens (tertiary/aromatic N) is 1. The monoisotopic (exact) mass is 452 g/mol. The molecule has 2 aromatic rings. The van der Waals surface area contributed by atoms with Crippen LogP contribution in [-0.4, -0.2) is 18.0 Å². The summed E-state index contributed by atoms with van der Waals surface area (Å²) in [6.07, 6.45) is 9.13. The smallest absolute Gasteiger partial charge is 0.745 e. The molecule has 0 radical (unpaired) electrons. The second-order valence-electron chi connectivity index (χ2n) is 8.18. The molecule has 1 heterocycles. The number of anilines is 2. The Morgan fingerprint density at radius 2 is 1.45 bits per heavy atom. The average Bonchev–Trinajstić information content (AvgIpc) is 3.05. The fourth-order valence-corrected chi connectivity index (χ4v) is 5.35. The molecular weight excluding hydrogens is 419 g/mol. The molecule has 164 valence electrons. The topological polar surface area (TPSA) is 72.5 Å². The first kappa shape index (κ1) is 26.2. The minimum atomic E-state index is -4.64. The van der Waals surface area contributed by atoms with E-state index in [-0.39, 0.29) is 36.0 Å². The van der Waals surface area contributed by atoms with Crippen molar-refractivity contribution in [3.63, 3.8) is 0 Å². The summed E-state index contributed by atoms with van der Waals surface area (Å²) in [4.78, 5) is 0.107. The van der Waals surface area contributed by atoms with E-state index in [1.807, 2.05) is 54.6 Å². The number of benzene rings is 2. The Balaban J connectivity index is 0.00000341. The molecule has 0 spiro atoms. The number of hydrogen-bond donors (Lipinski definition) is 1. The molecule has 0 aromatic heterocycles. The van der Waals surface area contributed by atoms with E-state index in [2.05, 4.69) is 12.2 Å². The van der Waals surface area contributed by atoms with Crippen LogP contribution in [0.4, 0.5) is 11.4 Å². The van der Waals surface area contributed by atoms with Gasteiger partial charge in [0.1, 0.15) is 10.1 Å². The summed E-state index contributed by atoms with van der Waals surface area (Å²) in [7, 11) is -4.64. The normalized spacial score (nSPS) is 17.7. The van der Waals surface area contributed by atoms with Gasteiger partial charge >= 0.3 is 29.6 Å². The maximum atomic E-state index is 12.6. The van der Waals surface area contributed by atoms with Crippen LogP contribution in [0.15, 0.2) is 54.6 Å². The summed E-state index contributed by atoms with van der Waals surface area (Å²) in [5.41, 5.74) is 2.44. The molecule has 3 rings (SSSR count). The molecule has 1 aliphatic rings. The van der Waals surface area contributed by atoms with Crippen molar-refractivity contribution < 1.29 is 42.5 Å². The van der Waals surface area contributed by atoms with E-state index in [1.165, 1.54) is 32.1 Å². The Morgan fingerprint density at radius 1 is 0.871 bits per heavy atom. The second-order valence-corrected chi connectivity index (χ2v) is 9.76. The number of unbranched alkanes of at least 4 members (excludes halogenated alkanes) is 7. The average molecular weight is 453 g/mol. The van der Waals surface area contributed by atoms with Gasteiger partial charge in [0.05, 0.1) is 11.4 Å². The summed E-state index contributed by atoms with van der Waals surface area (Å²) in [5, 5.41) is 3.10. The molecule has 1 N–H and O–H groups in total. The van der Waals surface area contributed by atoms with Crippen molar-refractivity contribution in [1.29, 1.82) is 0 Å². The minimum Gasteiger partial charge on any atom is -0.745 e. The van der Waals surface area contributed by atoms with Crippen molar-refractivity contribution in [1.82, 2.24) is 0 Å². The van der Waals surface area contributed by atoms with Gasteiger partial charge in [-0.1, -0.05) is 94.3 Å². The molecule has 0 saturated carbocycles. The van der Waals surface area contributed by atoms with E-state index in [1.54, 1.807) is 4.90 Å². The zero-order chi connectivity index (χ0) is 21.5. The molecule has 0 saturated heterocycles. The fourth-order valence-electron chi connectivity index (χ4n) is 4.28. The quantitative estimate of drug-likeness (QED) is 0.305. The van der Waals surface area contributed by atoms with Crippen LogP contribution in [0.2, 0.25) is 0 Å². The Hall–Kier alpha value is -1.05. The third-order valence-electron chi connectivity index (χ3n) is 5.93. The van der Waals surface area contributed by atoms with Crippen LogP contribution in [-0.2, 0) is 16.7 Å². The number of rotatable bonds is 12. The van der Waals surface area contributed by atoms with Crippen molar-refractivity contribution in [2.24, 2.45) is 0 Å². The first-order valence-electron chi connectivity index (χ1n) is 11.1. The Bertz CT molecular complexity index is 908. The van der Waals surface area contributed by atoms with E-state index < -0.39 is 15.1 Å². The van der Waals surface area contributed by atoms with E-state index in [0.29, 0.717) is 18.7 Å². The van der Waals surface area contributed by atoms with Gasteiger partial charge in [-0.25, -0.2) is 8.42 Å². The molecule has 0 bridgehead atoms. The Kier molecular flexibility index (Phi) is 10.4. The molecule has 0 fully saturated rings. The molecule has 7 heteroatoms. The third kappa shape index (κ3) is 6.48. The molecule has 31 heavy (non-hydrogen) atoms. The van der Waals surface area contributed by atoms with Gasteiger partial charge in [0.15, 0.2) is 0 Å². The zero-order valence-electron chi connectivity index (χ0n) is 18.8. The molecule has 0 amide bonds. The number of fused-ring (bicyclic) bond motifs is 1. The van der Waals surface area contributed by atoms with E-state index in [0.717, 1.165) is 24.1 Å². The van der Waals surface area contributed by atoms with E-state index in [9.17, 15) is 13.0 Å². The van der Waals surface area contributed by atoms with Crippen LogP contribution < -0.4 is 39.8 Å². The Labute approximate surface area is 209 Å². The molecular formula is C24H33N2NaO3S. The van der Waals surface area contributed by atoms with Gasteiger partial charge < -0.3 is 14.8 Å². The summed E-state index contributed by atoms with van der Waals surface area (Å²) in [6, 6.07) is 17.2. The van der Waals surface area contributed by atoms with Gasteiger partial charge in [-0.15, -0.1) is 0 Å². The largest absolute Gasteiger partial charge is 1.00 e. The molecule has 1 aliphatic heterocycles. The molecule has 1 unspecified atom stereocenters. The van der Waals surface area contributed by atoms with Crippen molar-refractivity contribution in [3.8, 4) is 0 Å². The standard InChI is InChI=1S/C24H34N2O3S.Na/c1-2-3-4-5-6-7-8-14-19-24(30(27,28)29)25-22-17-12-13-18-23(22)26(24)20-21-15-10-9-11-16-21;/h9-13,15-18,25H,2-8,14,19-20H2,1H3,(H,27,28,29);/q;+1/p-1. The molecule has 2 aromatic carbocycles. The van der Waals surface area contributed by atoms with Crippen molar-refractivity contribution in [2.75, 3.05) is 10.2 Å². The molecule has 0 aliphatic carbocycles. The zero-order valence-corrected chi connectivity index (χ0v) is 21.7. The summed E-state index contributed by atoms with van der Waals surface area (Å²) >= 11 is 0. The van der Waals surface area contributed by atoms with Crippen LogP contribution in [0, 0.1) is 0 Å². The van der Waals surface area contributed by atoms with Gasteiger partial charge in [-0.2, -0.15) is 0 Å². The summed E-state index contributed by atoms with van der Waals surface area (Å²) in [6.45, 7) is 2.57. The van der Waals surface area contributed by atoms with Gasteiger partial charge in [-0.05, 0) is 24.1 Å². The van der Waals surface area contributed by atoms with Crippen LogP contribution in [0.1, 0.15) is 70.3 Å². The van der Waals surface area contributed by atoms with Crippen LogP contribution >= 0.6 is 0 Å². The number of para-hydroxylation sites is 2. The molecule has 5 nitrogen and oxygen atoms in total. The van der Waals surface area contributed by atoms with Crippen LogP contribution in [0.3, 0.4) is 0 Å². The van der Waals surface area contributed by atoms with Crippen molar-refractivity contribution >= 4 is 21.5 Å². The van der Waals surface area contributed by atoms with Gasteiger partial charge in [0.25, 0.3) is 0 Å². The van der Waals surface area contributed by atoms with E-state index >= 15 is 0 Å². The Morgan fingerprint density at radius 3 is 2.10 bits per heavy atom. The van der Waals surface area contributed by atoms with Gasteiger partial charge in [0.2, 0.25) is 4.99 Å². The minimum absolute atomic E-state index is 0. The maximum Gasteiger partial charge on any atom is 1.00 e. The molecule has 1 atom stereocenters.